The standard InChI is InChI=1S/C18H18FN3O5/c1-11(17(23)21-10-12-3-5-13(19)6-4-12)27-18(24)15-9-14(22(25)26)7-8-16(15)20-2/h3-9,11,20H,10H2,1-2H3,(H,21,23). The first-order chi connectivity index (χ1) is 12.8. The van der Waals surface area contributed by atoms with E-state index in [1.165, 1.54) is 43.3 Å². The lowest BCUT2D eigenvalue weighted by Crippen LogP contribution is -2.35. The molecular weight excluding hydrogens is 357 g/mol. The number of hydrogen-bond acceptors (Lipinski definition) is 6. The molecule has 27 heavy (non-hydrogen) atoms. The van der Waals surface area contributed by atoms with Crippen molar-refractivity contribution >= 4 is 23.3 Å². The summed E-state index contributed by atoms with van der Waals surface area (Å²) < 4.78 is 18.0. The zero-order valence-electron chi connectivity index (χ0n) is 14.7. The van der Waals surface area contributed by atoms with Gasteiger partial charge in [0.2, 0.25) is 0 Å². The Bertz CT molecular complexity index is 855. The van der Waals surface area contributed by atoms with E-state index in [-0.39, 0.29) is 23.6 Å². The van der Waals surface area contributed by atoms with E-state index in [1.807, 2.05) is 0 Å². The van der Waals surface area contributed by atoms with Gasteiger partial charge in [-0.15, -0.1) is 0 Å². The van der Waals surface area contributed by atoms with Crippen LogP contribution in [0.25, 0.3) is 0 Å². The molecule has 0 spiro atoms. The van der Waals surface area contributed by atoms with Crippen LogP contribution < -0.4 is 10.6 Å². The van der Waals surface area contributed by atoms with Gasteiger partial charge in [0.25, 0.3) is 11.6 Å². The number of carbonyl (C=O) groups excluding carboxylic acids is 2. The van der Waals surface area contributed by atoms with Crippen LogP contribution in [0.4, 0.5) is 15.8 Å². The molecule has 2 N–H and O–H groups in total. The van der Waals surface area contributed by atoms with Crippen molar-refractivity contribution in [2.75, 3.05) is 12.4 Å². The molecule has 0 aliphatic rings. The lowest BCUT2D eigenvalue weighted by molar-refractivity contribution is -0.384. The number of nitrogens with zero attached hydrogens (tertiary/aromatic N) is 1. The highest BCUT2D eigenvalue weighted by Crippen LogP contribution is 2.23. The molecule has 1 unspecified atom stereocenters. The Morgan fingerprint density at radius 1 is 1.22 bits per heavy atom. The van der Waals surface area contributed by atoms with E-state index in [1.54, 1.807) is 7.05 Å². The van der Waals surface area contributed by atoms with Gasteiger partial charge in [-0.2, -0.15) is 0 Å². The predicted octanol–water partition coefficient (Wildman–Crippen LogP) is 2.64. The first-order valence-electron chi connectivity index (χ1n) is 8.01. The highest BCUT2D eigenvalue weighted by atomic mass is 19.1. The summed E-state index contributed by atoms with van der Waals surface area (Å²) in [5.41, 5.74) is 0.697. The average Bonchev–Trinajstić information content (AvgIpc) is 2.66. The number of nitro benzene ring substituents is 1. The highest BCUT2D eigenvalue weighted by Gasteiger charge is 2.22. The molecule has 0 saturated heterocycles. The molecule has 1 amide bonds. The quantitative estimate of drug-likeness (QED) is 0.437. The minimum absolute atomic E-state index is 0.0510. The number of nitrogens with one attached hydrogen (secondary N) is 2. The maximum Gasteiger partial charge on any atom is 0.341 e. The lowest BCUT2D eigenvalue weighted by atomic mass is 10.1. The Balaban J connectivity index is 2.01. The van der Waals surface area contributed by atoms with Crippen molar-refractivity contribution in [3.63, 3.8) is 0 Å². The smallest absolute Gasteiger partial charge is 0.341 e. The minimum Gasteiger partial charge on any atom is -0.449 e. The van der Waals surface area contributed by atoms with Gasteiger partial charge in [-0.3, -0.25) is 14.9 Å². The largest absolute Gasteiger partial charge is 0.449 e. The topological polar surface area (TPSA) is 111 Å². The van der Waals surface area contributed by atoms with Crippen molar-refractivity contribution in [1.29, 1.82) is 0 Å². The van der Waals surface area contributed by atoms with Crippen LogP contribution in [0.15, 0.2) is 42.5 Å². The van der Waals surface area contributed by atoms with E-state index in [0.29, 0.717) is 11.3 Å². The third-order valence-corrected chi connectivity index (χ3v) is 3.74. The van der Waals surface area contributed by atoms with E-state index in [2.05, 4.69) is 10.6 Å². The number of nitro groups is 1. The second kappa shape index (κ2) is 8.75. The van der Waals surface area contributed by atoms with Gasteiger partial charge in [0.15, 0.2) is 6.10 Å². The fourth-order valence-electron chi connectivity index (χ4n) is 2.25. The molecule has 2 rings (SSSR count). The fourth-order valence-corrected chi connectivity index (χ4v) is 2.25. The van der Waals surface area contributed by atoms with Crippen LogP contribution in [0.1, 0.15) is 22.8 Å². The summed E-state index contributed by atoms with van der Waals surface area (Å²) in [6.45, 7) is 1.52. The number of non-ortho nitro benzene ring substituents is 1. The third kappa shape index (κ3) is 5.24. The van der Waals surface area contributed by atoms with Gasteiger partial charge >= 0.3 is 5.97 Å². The van der Waals surface area contributed by atoms with Crippen LogP contribution in [0.5, 0.6) is 0 Å². The van der Waals surface area contributed by atoms with Gasteiger partial charge in [-0.25, -0.2) is 9.18 Å². The summed E-state index contributed by atoms with van der Waals surface area (Å²) in [5.74, 6) is -1.80. The summed E-state index contributed by atoms with van der Waals surface area (Å²) >= 11 is 0. The monoisotopic (exact) mass is 375 g/mol. The Labute approximate surface area is 154 Å². The number of carbonyl (C=O) groups is 2. The molecule has 2 aromatic carbocycles. The third-order valence-electron chi connectivity index (χ3n) is 3.74. The van der Waals surface area contributed by atoms with Crippen molar-refractivity contribution in [1.82, 2.24) is 5.32 Å². The van der Waals surface area contributed by atoms with Crippen LogP contribution in [0.2, 0.25) is 0 Å². The SMILES string of the molecule is CNc1ccc([N+](=O)[O-])cc1C(=O)OC(C)C(=O)NCc1ccc(F)cc1. The van der Waals surface area contributed by atoms with Gasteiger partial charge in [0, 0.05) is 31.4 Å². The van der Waals surface area contributed by atoms with Crippen molar-refractivity contribution < 1.29 is 23.6 Å². The molecule has 2 aromatic rings. The highest BCUT2D eigenvalue weighted by molar-refractivity contribution is 5.98. The number of esters is 1. The maximum absolute atomic E-state index is 12.9. The first-order valence-corrected chi connectivity index (χ1v) is 8.01. The first kappa shape index (κ1) is 19.8. The molecule has 0 bridgehead atoms. The van der Waals surface area contributed by atoms with Crippen LogP contribution in [-0.4, -0.2) is 30.0 Å². The number of halogens is 1. The summed E-state index contributed by atoms with van der Waals surface area (Å²) in [6, 6.07) is 9.30. The molecule has 8 nitrogen and oxygen atoms in total. The second-order valence-electron chi connectivity index (χ2n) is 5.63. The number of hydrogen-bond donors (Lipinski definition) is 2. The molecule has 0 aliphatic heterocycles. The summed E-state index contributed by atoms with van der Waals surface area (Å²) in [5, 5.41) is 16.2. The summed E-state index contributed by atoms with van der Waals surface area (Å²) in [7, 11) is 1.55. The van der Waals surface area contributed by atoms with E-state index in [4.69, 9.17) is 4.74 Å². The molecule has 0 fully saturated rings. The molecule has 0 aromatic heterocycles. The Kier molecular flexibility index (Phi) is 6.42. The molecule has 0 radical (unpaired) electrons. The molecule has 0 aliphatic carbocycles. The summed E-state index contributed by atoms with van der Waals surface area (Å²) in [4.78, 5) is 34.7. The Morgan fingerprint density at radius 3 is 2.48 bits per heavy atom. The van der Waals surface area contributed by atoms with E-state index >= 15 is 0 Å². The molecular formula is C18H18FN3O5. The van der Waals surface area contributed by atoms with Gasteiger partial charge in [-0.05, 0) is 30.7 Å². The van der Waals surface area contributed by atoms with Crippen molar-refractivity contribution in [3.05, 3.63) is 69.5 Å². The number of benzene rings is 2. The average molecular weight is 375 g/mol. The minimum atomic E-state index is -1.12. The number of rotatable bonds is 7. The molecule has 142 valence electrons. The van der Waals surface area contributed by atoms with Gasteiger partial charge in [0.1, 0.15) is 5.82 Å². The van der Waals surface area contributed by atoms with Crippen LogP contribution in [-0.2, 0) is 16.1 Å². The maximum atomic E-state index is 12.9. The van der Waals surface area contributed by atoms with Crippen molar-refractivity contribution in [3.8, 4) is 0 Å². The number of amides is 1. The van der Waals surface area contributed by atoms with E-state index in [9.17, 15) is 24.1 Å². The van der Waals surface area contributed by atoms with Crippen molar-refractivity contribution in [2.45, 2.75) is 19.6 Å². The van der Waals surface area contributed by atoms with Crippen molar-refractivity contribution in [2.24, 2.45) is 0 Å². The number of ether oxygens (including phenoxy) is 1. The lowest BCUT2D eigenvalue weighted by Gasteiger charge is -2.15. The Hall–Kier alpha value is -3.49. The van der Waals surface area contributed by atoms with E-state index in [0.717, 1.165) is 6.07 Å². The van der Waals surface area contributed by atoms with E-state index < -0.39 is 22.9 Å². The molecule has 9 heteroatoms. The van der Waals surface area contributed by atoms with Crippen LogP contribution in [0.3, 0.4) is 0 Å². The fraction of sp³-hybridized carbons (Fsp3) is 0.222. The van der Waals surface area contributed by atoms with Crippen LogP contribution in [0, 0.1) is 15.9 Å². The second-order valence-corrected chi connectivity index (χ2v) is 5.63. The zero-order valence-corrected chi connectivity index (χ0v) is 14.7. The van der Waals surface area contributed by atoms with Gasteiger partial charge in [-0.1, -0.05) is 12.1 Å². The number of anilines is 1. The summed E-state index contributed by atoms with van der Waals surface area (Å²) in [6.07, 6.45) is -1.12. The normalized spacial score (nSPS) is 11.4. The molecule has 0 heterocycles. The zero-order chi connectivity index (χ0) is 20.0. The van der Waals surface area contributed by atoms with Crippen LogP contribution >= 0.6 is 0 Å². The predicted molar refractivity (Wildman–Crippen MR) is 95.8 cm³/mol. The molecule has 1 atom stereocenters. The molecule has 0 saturated carbocycles. The van der Waals surface area contributed by atoms with Gasteiger partial charge < -0.3 is 15.4 Å². The Morgan fingerprint density at radius 2 is 1.89 bits per heavy atom. The van der Waals surface area contributed by atoms with Gasteiger partial charge in [0.05, 0.1) is 10.5 Å².